The fourth-order valence-corrected chi connectivity index (χ4v) is 3.15. The summed E-state index contributed by atoms with van der Waals surface area (Å²) in [7, 11) is 0. The molecule has 124 valence electrons. The summed E-state index contributed by atoms with van der Waals surface area (Å²) in [6.07, 6.45) is 1.51. The third-order valence-corrected chi connectivity index (χ3v) is 4.28. The van der Waals surface area contributed by atoms with Crippen molar-refractivity contribution in [2.24, 2.45) is 5.92 Å². The van der Waals surface area contributed by atoms with E-state index in [1.165, 1.54) is 0 Å². The van der Waals surface area contributed by atoms with Crippen molar-refractivity contribution in [3.05, 3.63) is 22.7 Å². The van der Waals surface area contributed by atoms with E-state index in [0.717, 1.165) is 12.8 Å². The molecule has 0 spiro atoms. The van der Waals surface area contributed by atoms with Gasteiger partial charge in [0.05, 0.1) is 17.5 Å². The van der Waals surface area contributed by atoms with Gasteiger partial charge in [-0.15, -0.1) is 0 Å². The van der Waals surface area contributed by atoms with Gasteiger partial charge in [-0.2, -0.15) is 0 Å². The highest BCUT2D eigenvalue weighted by molar-refractivity contribution is 6.32. The van der Waals surface area contributed by atoms with Crippen LogP contribution < -0.4 is 9.47 Å². The van der Waals surface area contributed by atoms with Crippen LogP contribution in [0.5, 0.6) is 11.5 Å². The number of halogens is 1. The van der Waals surface area contributed by atoms with Crippen LogP contribution in [0.25, 0.3) is 0 Å². The Labute approximate surface area is 139 Å². The van der Waals surface area contributed by atoms with Gasteiger partial charge in [-0.1, -0.05) is 11.6 Å². The topological polar surface area (TPSA) is 65.1 Å². The predicted molar refractivity (Wildman–Crippen MR) is 82.8 cm³/mol. The van der Waals surface area contributed by atoms with Crippen molar-refractivity contribution in [3.8, 4) is 11.5 Å². The van der Waals surface area contributed by atoms with E-state index in [9.17, 15) is 9.59 Å². The summed E-state index contributed by atoms with van der Waals surface area (Å²) in [5.41, 5.74) is 0.434. The molecule has 2 aliphatic rings. The number of benzene rings is 1. The summed E-state index contributed by atoms with van der Waals surface area (Å²) in [4.78, 5) is 26.3. The van der Waals surface area contributed by atoms with Crippen molar-refractivity contribution < 1.29 is 23.8 Å². The van der Waals surface area contributed by atoms with Crippen LogP contribution >= 0.6 is 11.6 Å². The van der Waals surface area contributed by atoms with Gasteiger partial charge in [0, 0.05) is 18.7 Å². The second kappa shape index (κ2) is 6.66. The maximum atomic E-state index is 12.7. The molecular weight excluding hydrogens is 322 g/mol. The fourth-order valence-electron chi connectivity index (χ4n) is 2.89. The Kier molecular flexibility index (Phi) is 4.61. The molecular formula is C16H18ClNO5. The molecule has 7 heteroatoms. The molecule has 0 radical (unpaired) electrons. The molecule has 1 aromatic carbocycles. The monoisotopic (exact) mass is 339 g/mol. The molecule has 6 nitrogen and oxygen atoms in total. The van der Waals surface area contributed by atoms with E-state index < -0.39 is 0 Å². The van der Waals surface area contributed by atoms with Crippen molar-refractivity contribution in [1.82, 2.24) is 4.90 Å². The lowest BCUT2D eigenvalue weighted by Crippen LogP contribution is -2.42. The molecule has 0 unspecified atom stereocenters. The summed E-state index contributed by atoms with van der Waals surface area (Å²) >= 11 is 6.13. The van der Waals surface area contributed by atoms with Crippen molar-refractivity contribution >= 4 is 23.5 Å². The second-order valence-electron chi connectivity index (χ2n) is 5.53. The molecule has 1 aromatic rings. The summed E-state index contributed by atoms with van der Waals surface area (Å²) in [5, 5.41) is 0.349. The van der Waals surface area contributed by atoms with Crippen LogP contribution in [0.3, 0.4) is 0 Å². The number of carbonyl (C=O) groups excluding carboxylic acids is 2. The predicted octanol–water partition coefficient (Wildman–Crippen LogP) is 2.48. The first kappa shape index (κ1) is 15.9. The Morgan fingerprint density at radius 1 is 1.39 bits per heavy atom. The standard InChI is InChI=1S/C16H18ClNO5/c1-2-21-16(20)10-4-3-5-18(8-10)15(19)11-6-12(17)14-13(7-11)22-9-23-14/h6-7,10H,2-5,8-9H2,1H3/t10-/m0/s1. The lowest BCUT2D eigenvalue weighted by Gasteiger charge is -2.31. The van der Waals surface area contributed by atoms with E-state index in [1.807, 2.05) is 0 Å². The maximum absolute atomic E-state index is 12.7. The van der Waals surface area contributed by atoms with E-state index in [-0.39, 0.29) is 24.6 Å². The van der Waals surface area contributed by atoms with Gasteiger partial charge in [0.25, 0.3) is 5.91 Å². The molecule has 0 saturated carbocycles. The lowest BCUT2D eigenvalue weighted by molar-refractivity contribution is -0.149. The van der Waals surface area contributed by atoms with E-state index in [0.29, 0.717) is 41.8 Å². The van der Waals surface area contributed by atoms with Gasteiger partial charge in [-0.05, 0) is 31.9 Å². The van der Waals surface area contributed by atoms with Crippen LogP contribution in [0.15, 0.2) is 12.1 Å². The molecule has 1 amide bonds. The van der Waals surface area contributed by atoms with Crippen molar-refractivity contribution in [2.45, 2.75) is 19.8 Å². The SMILES string of the molecule is CCOC(=O)[C@H]1CCCN(C(=O)c2cc(Cl)c3c(c2)OCO3)C1. The van der Waals surface area contributed by atoms with E-state index >= 15 is 0 Å². The first-order valence-corrected chi connectivity index (χ1v) is 8.03. The number of fused-ring (bicyclic) bond motifs is 1. The first-order chi connectivity index (χ1) is 11.1. The number of carbonyl (C=O) groups is 2. The van der Waals surface area contributed by atoms with Gasteiger partial charge in [-0.3, -0.25) is 9.59 Å². The Bertz CT molecular complexity index is 633. The van der Waals surface area contributed by atoms with E-state index in [1.54, 1.807) is 24.0 Å². The number of hydrogen-bond donors (Lipinski definition) is 0. The van der Waals surface area contributed by atoms with Crippen molar-refractivity contribution in [3.63, 3.8) is 0 Å². The largest absolute Gasteiger partial charge is 0.466 e. The zero-order valence-corrected chi connectivity index (χ0v) is 13.6. The maximum Gasteiger partial charge on any atom is 0.310 e. The summed E-state index contributed by atoms with van der Waals surface area (Å²) < 4.78 is 15.6. The Morgan fingerprint density at radius 3 is 3.00 bits per heavy atom. The van der Waals surface area contributed by atoms with Gasteiger partial charge >= 0.3 is 5.97 Å². The molecule has 0 aliphatic carbocycles. The average Bonchev–Trinajstić information content (AvgIpc) is 3.03. The van der Waals surface area contributed by atoms with Crippen molar-refractivity contribution in [2.75, 3.05) is 26.5 Å². The van der Waals surface area contributed by atoms with Crippen LogP contribution in [-0.2, 0) is 9.53 Å². The number of rotatable bonds is 3. The van der Waals surface area contributed by atoms with Crippen LogP contribution in [0, 0.1) is 5.92 Å². The van der Waals surface area contributed by atoms with E-state index in [4.69, 9.17) is 25.8 Å². The zero-order valence-electron chi connectivity index (χ0n) is 12.8. The molecule has 2 heterocycles. The Hall–Kier alpha value is -1.95. The highest BCUT2D eigenvalue weighted by atomic mass is 35.5. The zero-order chi connectivity index (χ0) is 16.4. The van der Waals surface area contributed by atoms with Gasteiger partial charge in [-0.25, -0.2) is 0 Å². The molecule has 1 saturated heterocycles. The number of ether oxygens (including phenoxy) is 3. The number of amides is 1. The number of piperidine rings is 1. The van der Waals surface area contributed by atoms with Gasteiger partial charge in [0.2, 0.25) is 6.79 Å². The van der Waals surface area contributed by atoms with Gasteiger partial charge in [0.1, 0.15) is 0 Å². The molecule has 0 N–H and O–H groups in total. The quantitative estimate of drug-likeness (QED) is 0.792. The molecule has 2 aliphatic heterocycles. The normalized spacial score (nSPS) is 19.6. The van der Waals surface area contributed by atoms with Crippen LogP contribution in [0.1, 0.15) is 30.1 Å². The highest BCUT2D eigenvalue weighted by Gasteiger charge is 2.31. The minimum absolute atomic E-state index is 0.0986. The van der Waals surface area contributed by atoms with Crippen LogP contribution in [0.4, 0.5) is 0 Å². The molecule has 23 heavy (non-hydrogen) atoms. The Morgan fingerprint density at radius 2 is 2.22 bits per heavy atom. The molecule has 1 atom stereocenters. The smallest absolute Gasteiger partial charge is 0.310 e. The minimum Gasteiger partial charge on any atom is -0.466 e. The molecule has 3 rings (SSSR count). The number of esters is 1. The third-order valence-electron chi connectivity index (χ3n) is 4.00. The fraction of sp³-hybridized carbons (Fsp3) is 0.500. The summed E-state index contributed by atoms with van der Waals surface area (Å²) in [6.45, 7) is 3.20. The average molecular weight is 340 g/mol. The van der Waals surface area contributed by atoms with E-state index in [2.05, 4.69) is 0 Å². The van der Waals surface area contributed by atoms with Crippen molar-refractivity contribution in [1.29, 1.82) is 0 Å². The molecule has 0 aromatic heterocycles. The summed E-state index contributed by atoms with van der Waals surface area (Å²) in [6, 6.07) is 3.20. The highest BCUT2D eigenvalue weighted by Crippen LogP contribution is 2.40. The minimum atomic E-state index is -0.267. The Balaban J connectivity index is 1.75. The number of hydrogen-bond acceptors (Lipinski definition) is 5. The number of likely N-dealkylation sites (tertiary alicyclic amines) is 1. The number of nitrogens with zero attached hydrogens (tertiary/aromatic N) is 1. The third kappa shape index (κ3) is 3.22. The molecule has 0 bridgehead atoms. The van der Waals surface area contributed by atoms with Crippen LogP contribution in [0.2, 0.25) is 5.02 Å². The first-order valence-electron chi connectivity index (χ1n) is 7.65. The van der Waals surface area contributed by atoms with Crippen LogP contribution in [-0.4, -0.2) is 43.3 Å². The van der Waals surface area contributed by atoms with Gasteiger partial charge < -0.3 is 19.1 Å². The molecule has 1 fully saturated rings. The van der Waals surface area contributed by atoms with Gasteiger partial charge in [0.15, 0.2) is 11.5 Å². The lowest BCUT2D eigenvalue weighted by atomic mass is 9.97. The second-order valence-corrected chi connectivity index (χ2v) is 5.94. The summed E-state index contributed by atoms with van der Waals surface area (Å²) in [5.74, 6) is 0.260.